The molecule has 2 aromatic carbocycles. The molecule has 0 radical (unpaired) electrons. The second-order valence-corrected chi connectivity index (χ2v) is 9.18. The van der Waals surface area contributed by atoms with Gasteiger partial charge in [-0.15, -0.1) is 0 Å². The lowest BCUT2D eigenvalue weighted by atomic mass is 10.1. The number of sulfone groups is 1. The van der Waals surface area contributed by atoms with E-state index in [-0.39, 0.29) is 35.8 Å². The van der Waals surface area contributed by atoms with Gasteiger partial charge < -0.3 is 4.90 Å². The molecule has 2 aromatic rings. The number of amides is 1. The molecule has 27 heavy (non-hydrogen) atoms. The van der Waals surface area contributed by atoms with Crippen molar-refractivity contribution in [1.82, 2.24) is 4.90 Å². The van der Waals surface area contributed by atoms with Crippen LogP contribution >= 0.6 is 0 Å². The van der Waals surface area contributed by atoms with Crippen LogP contribution in [-0.2, 0) is 21.2 Å². The summed E-state index contributed by atoms with van der Waals surface area (Å²) in [5, 5.41) is 0. The molecule has 0 aromatic heterocycles. The van der Waals surface area contributed by atoms with Gasteiger partial charge in [0.05, 0.1) is 24.1 Å². The number of carbonyl (C=O) groups excluding carboxylic acids is 1. The van der Waals surface area contributed by atoms with Crippen molar-refractivity contribution in [1.29, 1.82) is 0 Å². The predicted molar refractivity (Wildman–Crippen MR) is 104 cm³/mol. The molecule has 3 rings (SSSR count). The SMILES string of the molecule is CN(CC(=O)N(c1ccccc1)[C@@H]1CCS(=O)(=O)C1)Cc1ccc(F)cc1. The lowest BCUT2D eigenvalue weighted by molar-refractivity contribution is -0.120. The number of nitrogens with zero attached hydrogens (tertiary/aromatic N) is 2. The molecule has 7 heteroatoms. The molecule has 1 amide bonds. The van der Waals surface area contributed by atoms with E-state index in [4.69, 9.17) is 0 Å². The molecule has 1 aliphatic rings. The first-order valence-corrected chi connectivity index (χ1v) is 10.7. The maximum atomic E-state index is 13.0. The zero-order valence-electron chi connectivity index (χ0n) is 15.2. The molecule has 1 atom stereocenters. The number of carbonyl (C=O) groups is 1. The third-order valence-corrected chi connectivity index (χ3v) is 6.40. The highest BCUT2D eigenvalue weighted by Crippen LogP contribution is 2.24. The van der Waals surface area contributed by atoms with Crippen molar-refractivity contribution in [2.24, 2.45) is 0 Å². The van der Waals surface area contributed by atoms with Gasteiger partial charge in [-0.25, -0.2) is 12.8 Å². The lowest BCUT2D eigenvalue weighted by Crippen LogP contribution is -2.45. The summed E-state index contributed by atoms with van der Waals surface area (Å²) in [5.74, 6) is -0.335. The minimum absolute atomic E-state index is 0.00465. The van der Waals surface area contributed by atoms with Crippen LogP contribution in [-0.4, -0.2) is 50.4 Å². The smallest absolute Gasteiger partial charge is 0.241 e. The highest BCUT2D eigenvalue weighted by atomic mass is 32.2. The first-order chi connectivity index (χ1) is 12.8. The van der Waals surface area contributed by atoms with Gasteiger partial charge in [-0.3, -0.25) is 9.69 Å². The van der Waals surface area contributed by atoms with E-state index in [0.717, 1.165) is 5.56 Å². The number of likely N-dealkylation sites (N-methyl/N-ethyl adjacent to an activating group) is 1. The lowest BCUT2D eigenvalue weighted by Gasteiger charge is -2.30. The quantitative estimate of drug-likeness (QED) is 0.760. The Hall–Kier alpha value is -2.25. The molecule has 1 fully saturated rings. The van der Waals surface area contributed by atoms with Crippen LogP contribution in [0, 0.1) is 5.82 Å². The van der Waals surface area contributed by atoms with Crippen LogP contribution in [0.4, 0.5) is 10.1 Å². The highest BCUT2D eigenvalue weighted by molar-refractivity contribution is 7.91. The van der Waals surface area contributed by atoms with Crippen LogP contribution in [0.15, 0.2) is 54.6 Å². The van der Waals surface area contributed by atoms with Gasteiger partial charge in [0.25, 0.3) is 0 Å². The molecule has 1 aliphatic heterocycles. The molecule has 1 saturated heterocycles. The van der Waals surface area contributed by atoms with Crippen LogP contribution < -0.4 is 4.90 Å². The third-order valence-electron chi connectivity index (χ3n) is 4.65. The average molecular weight is 390 g/mol. The maximum Gasteiger partial charge on any atom is 0.241 e. The van der Waals surface area contributed by atoms with Crippen molar-refractivity contribution in [3.05, 3.63) is 66.0 Å². The van der Waals surface area contributed by atoms with Gasteiger partial charge in [0.2, 0.25) is 5.91 Å². The summed E-state index contributed by atoms with van der Waals surface area (Å²) in [6, 6.07) is 15.0. The number of hydrogen-bond donors (Lipinski definition) is 0. The fourth-order valence-electron chi connectivity index (χ4n) is 3.39. The Labute approximate surface area is 159 Å². The topological polar surface area (TPSA) is 57.7 Å². The fraction of sp³-hybridized carbons (Fsp3) is 0.350. The molecule has 0 N–H and O–H groups in total. The number of para-hydroxylation sites is 1. The molecular weight excluding hydrogens is 367 g/mol. The zero-order chi connectivity index (χ0) is 19.4. The second kappa shape index (κ2) is 8.19. The predicted octanol–water partition coefficient (Wildman–Crippen LogP) is 2.48. The van der Waals surface area contributed by atoms with E-state index in [1.54, 1.807) is 17.0 Å². The van der Waals surface area contributed by atoms with Crippen LogP contribution in [0.1, 0.15) is 12.0 Å². The van der Waals surface area contributed by atoms with Gasteiger partial charge in [-0.2, -0.15) is 0 Å². The number of halogens is 1. The van der Waals surface area contributed by atoms with Crippen molar-refractivity contribution in [3.63, 3.8) is 0 Å². The summed E-state index contributed by atoms with van der Waals surface area (Å²) in [6.45, 7) is 0.639. The molecule has 0 bridgehead atoms. The normalized spacial score (nSPS) is 18.6. The summed E-state index contributed by atoms with van der Waals surface area (Å²) >= 11 is 0. The Morgan fingerprint density at radius 3 is 2.37 bits per heavy atom. The molecule has 0 saturated carbocycles. The molecule has 5 nitrogen and oxygen atoms in total. The van der Waals surface area contributed by atoms with Gasteiger partial charge in [0.1, 0.15) is 5.82 Å². The molecule has 0 spiro atoms. The zero-order valence-corrected chi connectivity index (χ0v) is 16.0. The van der Waals surface area contributed by atoms with E-state index >= 15 is 0 Å². The molecule has 1 heterocycles. The van der Waals surface area contributed by atoms with Crippen LogP contribution in [0.3, 0.4) is 0 Å². The van der Waals surface area contributed by atoms with Crippen molar-refractivity contribution < 1.29 is 17.6 Å². The third kappa shape index (κ3) is 5.14. The summed E-state index contributed by atoms with van der Waals surface area (Å²) in [7, 11) is -1.29. The Bertz CT molecular complexity index is 885. The summed E-state index contributed by atoms with van der Waals surface area (Å²) in [5.41, 5.74) is 1.61. The standard InChI is InChI=1S/C20H23FN2O3S/c1-22(13-16-7-9-17(21)10-8-16)14-20(24)23(18-5-3-2-4-6-18)19-11-12-27(25,26)15-19/h2-10,19H,11-15H2,1H3/t19-/m1/s1. The number of hydrogen-bond acceptors (Lipinski definition) is 4. The number of anilines is 1. The van der Waals surface area contributed by atoms with Crippen molar-refractivity contribution in [2.75, 3.05) is 30.0 Å². The number of rotatable bonds is 6. The average Bonchev–Trinajstić information content (AvgIpc) is 2.97. The summed E-state index contributed by atoms with van der Waals surface area (Å²) < 4.78 is 36.9. The van der Waals surface area contributed by atoms with E-state index < -0.39 is 9.84 Å². The minimum atomic E-state index is -3.11. The Balaban J connectivity index is 1.73. The molecule has 0 aliphatic carbocycles. The van der Waals surface area contributed by atoms with Gasteiger partial charge >= 0.3 is 0 Å². The molecular formula is C20H23FN2O3S. The Kier molecular flexibility index (Phi) is 5.92. The fourth-order valence-corrected chi connectivity index (χ4v) is 5.09. The van der Waals surface area contributed by atoms with Crippen LogP contribution in [0.2, 0.25) is 0 Å². The first-order valence-electron chi connectivity index (χ1n) is 8.84. The minimum Gasteiger partial charge on any atom is -0.307 e. The van der Waals surface area contributed by atoms with Gasteiger partial charge in [0.15, 0.2) is 9.84 Å². The van der Waals surface area contributed by atoms with Crippen LogP contribution in [0.25, 0.3) is 0 Å². The first kappa shape index (κ1) is 19.5. The van der Waals surface area contributed by atoms with E-state index in [9.17, 15) is 17.6 Å². The molecule has 144 valence electrons. The van der Waals surface area contributed by atoms with E-state index in [1.165, 1.54) is 12.1 Å². The number of benzene rings is 2. The Morgan fingerprint density at radius 1 is 1.11 bits per heavy atom. The molecule has 0 unspecified atom stereocenters. The van der Waals surface area contributed by atoms with E-state index in [2.05, 4.69) is 0 Å². The van der Waals surface area contributed by atoms with Gasteiger partial charge in [-0.05, 0) is 43.3 Å². The van der Waals surface area contributed by atoms with Gasteiger partial charge in [0, 0.05) is 12.2 Å². The second-order valence-electron chi connectivity index (χ2n) is 6.95. The van der Waals surface area contributed by atoms with Crippen molar-refractivity contribution in [3.8, 4) is 0 Å². The highest BCUT2D eigenvalue weighted by Gasteiger charge is 2.35. The van der Waals surface area contributed by atoms with Crippen molar-refractivity contribution in [2.45, 2.75) is 19.0 Å². The van der Waals surface area contributed by atoms with E-state index in [0.29, 0.717) is 18.7 Å². The largest absolute Gasteiger partial charge is 0.307 e. The maximum absolute atomic E-state index is 13.0. The van der Waals surface area contributed by atoms with Gasteiger partial charge in [-0.1, -0.05) is 30.3 Å². The van der Waals surface area contributed by atoms with Crippen LogP contribution in [0.5, 0.6) is 0 Å². The summed E-state index contributed by atoms with van der Waals surface area (Å²) in [4.78, 5) is 16.5. The summed E-state index contributed by atoms with van der Waals surface area (Å²) in [6.07, 6.45) is 0.449. The van der Waals surface area contributed by atoms with Crippen molar-refractivity contribution >= 4 is 21.4 Å². The van der Waals surface area contributed by atoms with E-state index in [1.807, 2.05) is 42.3 Å². The Morgan fingerprint density at radius 2 is 1.78 bits per heavy atom. The monoisotopic (exact) mass is 390 g/mol.